The number of rotatable bonds is 2. The van der Waals surface area contributed by atoms with Gasteiger partial charge in [0.05, 0.1) is 0 Å². The van der Waals surface area contributed by atoms with Gasteiger partial charge in [0.25, 0.3) is 5.91 Å². The van der Waals surface area contributed by atoms with Gasteiger partial charge in [-0.2, -0.15) is 0 Å². The molecule has 18 heavy (non-hydrogen) atoms. The molecule has 0 saturated carbocycles. The molecule has 1 heterocycles. The van der Waals surface area contributed by atoms with Crippen LogP contribution in [0.15, 0.2) is 36.4 Å². The van der Waals surface area contributed by atoms with Gasteiger partial charge in [0.2, 0.25) is 0 Å². The van der Waals surface area contributed by atoms with E-state index < -0.39 is 0 Å². The van der Waals surface area contributed by atoms with Crippen LogP contribution in [0.5, 0.6) is 0 Å². The first kappa shape index (κ1) is 12.3. The summed E-state index contributed by atoms with van der Waals surface area (Å²) in [7, 11) is 0. The van der Waals surface area contributed by atoms with E-state index in [0.717, 1.165) is 16.8 Å². The third kappa shape index (κ3) is 2.56. The second-order valence-corrected chi connectivity index (χ2v) is 4.37. The van der Waals surface area contributed by atoms with Crippen molar-refractivity contribution in [3.8, 4) is 0 Å². The topological polar surface area (TPSA) is 42.0 Å². The van der Waals surface area contributed by atoms with E-state index in [4.69, 9.17) is 0 Å². The molecular weight excluding hydrogens is 224 g/mol. The van der Waals surface area contributed by atoms with Gasteiger partial charge in [-0.25, -0.2) is 4.98 Å². The molecule has 0 aliphatic rings. The summed E-state index contributed by atoms with van der Waals surface area (Å²) < 4.78 is 0. The molecule has 3 nitrogen and oxygen atoms in total. The Morgan fingerprint density at radius 1 is 1.06 bits per heavy atom. The zero-order valence-electron chi connectivity index (χ0n) is 10.8. The molecule has 92 valence electrons. The van der Waals surface area contributed by atoms with Gasteiger partial charge in [0.1, 0.15) is 5.82 Å². The number of nitrogens with one attached hydrogen (secondary N) is 1. The molecule has 0 radical (unpaired) electrons. The van der Waals surface area contributed by atoms with Crippen LogP contribution in [-0.2, 0) is 0 Å². The van der Waals surface area contributed by atoms with E-state index in [9.17, 15) is 4.79 Å². The molecule has 3 heteroatoms. The Labute approximate surface area is 107 Å². The number of aromatic nitrogens is 1. The molecule has 2 aromatic rings. The van der Waals surface area contributed by atoms with Crippen molar-refractivity contribution in [2.75, 3.05) is 5.32 Å². The molecule has 2 rings (SSSR count). The highest BCUT2D eigenvalue weighted by atomic mass is 16.1. The Balaban J connectivity index is 2.25. The number of anilines is 1. The molecule has 1 aromatic heterocycles. The van der Waals surface area contributed by atoms with Gasteiger partial charge in [0.15, 0.2) is 0 Å². The van der Waals surface area contributed by atoms with Crippen molar-refractivity contribution in [3.05, 3.63) is 58.8 Å². The molecule has 0 bridgehead atoms. The standard InChI is InChI=1S/C15H16N2O/c1-10-6-4-8-13(12(10)3)15(18)17-14-9-5-7-11(2)16-14/h4-9H,1-3H3,(H,16,17,18). The molecule has 0 saturated heterocycles. The number of amides is 1. The number of benzene rings is 1. The first-order chi connectivity index (χ1) is 8.58. The maximum Gasteiger partial charge on any atom is 0.257 e. The van der Waals surface area contributed by atoms with Crippen LogP contribution in [0.3, 0.4) is 0 Å². The minimum atomic E-state index is -0.116. The van der Waals surface area contributed by atoms with Crippen LogP contribution in [0.2, 0.25) is 0 Å². The van der Waals surface area contributed by atoms with Crippen molar-refractivity contribution in [1.82, 2.24) is 4.98 Å². The molecule has 0 spiro atoms. The van der Waals surface area contributed by atoms with E-state index in [1.807, 2.05) is 51.1 Å². The fraction of sp³-hybridized carbons (Fsp3) is 0.200. The van der Waals surface area contributed by atoms with Crippen LogP contribution < -0.4 is 5.32 Å². The van der Waals surface area contributed by atoms with Gasteiger partial charge in [-0.15, -0.1) is 0 Å². The summed E-state index contributed by atoms with van der Waals surface area (Å²) >= 11 is 0. The number of carbonyl (C=O) groups is 1. The fourth-order valence-electron chi connectivity index (χ4n) is 1.79. The minimum absolute atomic E-state index is 0.116. The maximum atomic E-state index is 12.1. The van der Waals surface area contributed by atoms with Crippen molar-refractivity contribution in [2.45, 2.75) is 20.8 Å². The summed E-state index contributed by atoms with van der Waals surface area (Å²) in [6, 6.07) is 11.3. The largest absolute Gasteiger partial charge is 0.307 e. The quantitative estimate of drug-likeness (QED) is 0.875. The smallest absolute Gasteiger partial charge is 0.257 e. The monoisotopic (exact) mass is 240 g/mol. The van der Waals surface area contributed by atoms with Crippen molar-refractivity contribution in [3.63, 3.8) is 0 Å². The SMILES string of the molecule is Cc1cccc(NC(=O)c2cccc(C)c2C)n1. The molecule has 0 aliphatic heterocycles. The van der Waals surface area contributed by atoms with Gasteiger partial charge in [-0.05, 0) is 50.1 Å². The summed E-state index contributed by atoms with van der Waals surface area (Å²) in [5, 5.41) is 2.82. The lowest BCUT2D eigenvalue weighted by Gasteiger charge is -2.09. The van der Waals surface area contributed by atoms with E-state index in [1.54, 1.807) is 6.07 Å². The number of nitrogens with zero attached hydrogens (tertiary/aromatic N) is 1. The first-order valence-corrected chi connectivity index (χ1v) is 5.89. The number of pyridine rings is 1. The van der Waals surface area contributed by atoms with Crippen LogP contribution >= 0.6 is 0 Å². The number of hydrogen-bond donors (Lipinski definition) is 1. The fourth-order valence-corrected chi connectivity index (χ4v) is 1.79. The van der Waals surface area contributed by atoms with Gasteiger partial charge >= 0.3 is 0 Å². The predicted molar refractivity (Wildman–Crippen MR) is 72.8 cm³/mol. The Kier molecular flexibility index (Phi) is 3.42. The minimum Gasteiger partial charge on any atom is -0.307 e. The number of aryl methyl sites for hydroxylation is 2. The highest BCUT2D eigenvalue weighted by Crippen LogP contribution is 2.14. The molecule has 0 aliphatic carbocycles. The molecule has 0 atom stereocenters. The van der Waals surface area contributed by atoms with Crippen LogP contribution in [-0.4, -0.2) is 10.9 Å². The van der Waals surface area contributed by atoms with E-state index in [2.05, 4.69) is 10.3 Å². The molecule has 0 unspecified atom stereocenters. The summed E-state index contributed by atoms with van der Waals surface area (Å²) in [5.74, 6) is 0.468. The van der Waals surface area contributed by atoms with Gasteiger partial charge in [0, 0.05) is 11.3 Å². The predicted octanol–water partition coefficient (Wildman–Crippen LogP) is 3.26. The molecule has 0 fully saturated rings. The average Bonchev–Trinajstić information content (AvgIpc) is 2.32. The van der Waals surface area contributed by atoms with Crippen molar-refractivity contribution < 1.29 is 4.79 Å². The summed E-state index contributed by atoms with van der Waals surface area (Å²) in [5.41, 5.74) is 3.69. The average molecular weight is 240 g/mol. The third-order valence-electron chi connectivity index (χ3n) is 2.98. The van der Waals surface area contributed by atoms with E-state index in [1.165, 1.54) is 0 Å². The maximum absolute atomic E-state index is 12.1. The molecule has 1 amide bonds. The zero-order valence-corrected chi connectivity index (χ0v) is 10.8. The van der Waals surface area contributed by atoms with Crippen LogP contribution in [0, 0.1) is 20.8 Å². The van der Waals surface area contributed by atoms with Crippen molar-refractivity contribution in [1.29, 1.82) is 0 Å². The lowest BCUT2D eigenvalue weighted by Crippen LogP contribution is -2.14. The van der Waals surface area contributed by atoms with Gasteiger partial charge < -0.3 is 5.32 Å². The normalized spacial score (nSPS) is 10.2. The van der Waals surface area contributed by atoms with Crippen LogP contribution in [0.1, 0.15) is 27.2 Å². The van der Waals surface area contributed by atoms with Crippen molar-refractivity contribution in [2.24, 2.45) is 0 Å². The van der Waals surface area contributed by atoms with Gasteiger partial charge in [-0.1, -0.05) is 18.2 Å². The first-order valence-electron chi connectivity index (χ1n) is 5.89. The highest BCUT2D eigenvalue weighted by Gasteiger charge is 2.10. The molecule has 1 N–H and O–H groups in total. The summed E-state index contributed by atoms with van der Waals surface area (Å²) in [4.78, 5) is 16.4. The second kappa shape index (κ2) is 5.00. The Hall–Kier alpha value is -2.16. The van der Waals surface area contributed by atoms with E-state index in [0.29, 0.717) is 11.4 Å². The lowest BCUT2D eigenvalue weighted by atomic mass is 10.0. The summed E-state index contributed by atoms with van der Waals surface area (Å²) in [6.07, 6.45) is 0. The Morgan fingerprint density at radius 2 is 1.78 bits per heavy atom. The van der Waals surface area contributed by atoms with Crippen molar-refractivity contribution >= 4 is 11.7 Å². The van der Waals surface area contributed by atoms with Crippen LogP contribution in [0.25, 0.3) is 0 Å². The zero-order chi connectivity index (χ0) is 13.1. The third-order valence-corrected chi connectivity index (χ3v) is 2.98. The van der Waals surface area contributed by atoms with E-state index in [-0.39, 0.29) is 5.91 Å². The molecule has 1 aromatic carbocycles. The lowest BCUT2D eigenvalue weighted by molar-refractivity contribution is 0.102. The Morgan fingerprint density at radius 3 is 2.50 bits per heavy atom. The molecular formula is C15H16N2O. The second-order valence-electron chi connectivity index (χ2n) is 4.37. The summed E-state index contributed by atoms with van der Waals surface area (Å²) in [6.45, 7) is 5.85. The van der Waals surface area contributed by atoms with Crippen LogP contribution in [0.4, 0.5) is 5.82 Å². The van der Waals surface area contributed by atoms with E-state index >= 15 is 0 Å². The highest BCUT2D eigenvalue weighted by molar-refractivity contribution is 6.04. The van der Waals surface area contributed by atoms with Gasteiger partial charge in [-0.3, -0.25) is 4.79 Å². The number of hydrogen-bond acceptors (Lipinski definition) is 2. The Bertz CT molecular complexity index is 591. The number of carbonyl (C=O) groups excluding carboxylic acids is 1.